The van der Waals surface area contributed by atoms with Gasteiger partial charge in [-0.25, -0.2) is 9.18 Å². The van der Waals surface area contributed by atoms with Crippen LogP contribution in [-0.2, 0) is 16.1 Å². The van der Waals surface area contributed by atoms with Gasteiger partial charge in [0, 0.05) is 36.5 Å². The van der Waals surface area contributed by atoms with Gasteiger partial charge in [-0.2, -0.15) is 10.4 Å². The molecule has 1 atom stereocenters. The maximum absolute atomic E-state index is 14.4. The van der Waals surface area contributed by atoms with Crippen LogP contribution in [0.2, 0.25) is 0 Å². The van der Waals surface area contributed by atoms with Gasteiger partial charge in [0.25, 0.3) is 0 Å². The number of nitrogens with one attached hydrogen (secondary N) is 1. The Morgan fingerprint density at radius 2 is 1.89 bits per heavy atom. The molecule has 1 saturated heterocycles. The Morgan fingerprint density at radius 3 is 2.55 bits per heavy atom. The average molecular weight is 518 g/mol. The standard InChI is InChI=1S/C29H32FN5O3/c1-19-7-9-20(10-8-19)24-17-35(33-27(24)21-11-12-22(15-31)25(30)14-21)18-26(36)34-13-5-6-23(16-34)32-28(37)38-29(2,3)4/h7-12,14,17,23H,5-6,13,16,18H2,1-4H3,(H,32,37)/t23-/m1/s1. The number of amides is 2. The molecule has 3 aromatic rings. The molecule has 0 saturated carbocycles. The van der Waals surface area contributed by atoms with Crippen molar-refractivity contribution in [1.29, 1.82) is 5.26 Å². The highest BCUT2D eigenvalue weighted by Gasteiger charge is 2.27. The fourth-order valence-electron chi connectivity index (χ4n) is 4.45. The van der Waals surface area contributed by atoms with Crippen molar-refractivity contribution in [3.8, 4) is 28.5 Å². The molecule has 0 aliphatic carbocycles. The maximum atomic E-state index is 14.4. The Morgan fingerprint density at radius 1 is 1.18 bits per heavy atom. The molecule has 1 aliphatic heterocycles. The Hall–Kier alpha value is -4.19. The summed E-state index contributed by atoms with van der Waals surface area (Å²) in [7, 11) is 0. The van der Waals surface area contributed by atoms with Crippen LogP contribution in [0.25, 0.3) is 22.4 Å². The number of halogens is 1. The summed E-state index contributed by atoms with van der Waals surface area (Å²) in [6.45, 7) is 8.38. The number of hydrogen-bond acceptors (Lipinski definition) is 5. The molecule has 38 heavy (non-hydrogen) atoms. The molecule has 1 aliphatic rings. The smallest absolute Gasteiger partial charge is 0.407 e. The largest absolute Gasteiger partial charge is 0.444 e. The third kappa shape index (κ3) is 6.57. The summed E-state index contributed by atoms with van der Waals surface area (Å²) in [5.41, 5.74) is 3.13. The van der Waals surface area contributed by atoms with E-state index in [9.17, 15) is 14.0 Å². The summed E-state index contributed by atoms with van der Waals surface area (Å²) in [5.74, 6) is -0.751. The lowest BCUT2D eigenvalue weighted by atomic mass is 10.00. The second-order valence-electron chi connectivity index (χ2n) is 10.6. The van der Waals surface area contributed by atoms with Crippen LogP contribution in [0.4, 0.5) is 9.18 Å². The number of rotatable bonds is 5. The fourth-order valence-corrected chi connectivity index (χ4v) is 4.45. The van der Waals surface area contributed by atoms with E-state index in [4.69, 9.17) is 10.00 Å². The molecule has 1 aromatic heterocycles. The molecule has 0 spiro atoms. The highest BCUT2D eigenvalue weighted by Crippen LogP contribution is 2.32. The molecule has 2 amide bonds. The van der Waals surface area contributed by atoms with Crippen molar-refractivity contribution in [3.05, 3.63) is 65.6 Å². The van der Waals surface area contributed by atoms with Gasteiger partial charge in [-0.15, -0.1) is 0 Å². The number of aryl methyl sites for hydroxylation is 1. The molecule has 198 valence electrons. The van der Waals surface area contributed by atoms with Crippen molar-refractivity contribution in [2.24, 2.45) is 0 Å². The van der Waals surface area contributed by atoms with Crippen LogP contribution in [0.3, 0.4) is 0 Å². The lowest BCUT2D eigenvalue weighted by Crippen LogP contribution is -2.51. The molecular weight excluding hydrogens is 485 g/mol. The van der Waals surface area contributed by atoms with E-state index in [1.165, 1.54) is 12.1 Å². The Kier molecular flexibility index (Phi) is 7.81. The van der Waals surface area contributed by atoms with Crippen molar-refractivity contribution in [2.75, 3.05) is 13.1 Å². The number of alkyl carbamates (subject to hydrolysis) is 1. The molecule has 1 fully saturated rings. The van der Waals surface area contributed by atoms with Gasteiger partial charge in [0.2, 0.25) is 5.91 Å². The van der Waals surface area contributed by atoms with Crippen LogP contribution in [0.1, 0.15) is 44.7 Å². The van der Waals surface area contributed by atoms with Crippen molar-refractivity contribution in [2.45, 2.75) is 58.7 Å². The maximum Gasteiger partial charge on any atom is 0.407 e. The number of ether oxygens (including phenoxy) is 1. The Bertz CT molecular complexity index is 1370. The molecule has 9 heteroatoms. The molecular formula is C29H32FN5O3. The lowest BCUT2D eigenvalue weighted by molar-refractivity contribution is -0.133. The van der Waals surface area contributed by atoms with Gasteiger partial charge < -0.3 is 15.0 Å². The van der Waals surface area contributed by atoms with E-state index < -0.39 is 17.5 Å². The van der Waals surface area contributed by atoms with E-state index in [-0.39, 0.29) is 24.1 Å². The summed E-state index contributed by atoms with van der Waals surface area (Å²) < 4.78 is 21.4. The van der Waals surface area contributed by atoms with E-state index in [0.29, 0.717) is 24.3 Å². The third-order valence-corrected chi connectivity index (χ3v) is 6.28. The number of carbonyl (C=O) groups is 2. The summed E-state index contributed by atoms with van der Waals surface area (Å²) >= 11 is 0. The van der Waals surface area contributed by atoms with Gasteiger partial charge in [-0.05, 0) is 58.2 Å². The van der Waals surface area contributed by atoms with Gasteiger partial charge in [-0.1, -0.05) is 35.9 Å². The number of nitriles is 1. The van der Waals surface area contributed by atoms with Gasteiger partial charge >= 0.3 is 6.09 Å². The Balaban J connectivity index is 1.54. The topological polar surface area (TPSA) is 100 Å². The number of piperidine rings is 1. The first-order chi connectivity index (χ1) is 18.0. The van der Waals surface area contributed by atoms with Gasteiger partial charge in [-0.3, -0.25) is 9.48 Å². The van der Waals surface area contributed by atoms with Crippen LogP contribution in [0.5, 0.6) is 0 Å². The minimum absolute atomic E-state index is 0.00319. The van der Waals surface area contributed by atoms with Crippen LogP contribution >= 0.6 is 0 Å². The molecule has 0 radical (unpaired) electrons. The summed E-state index contributed by atoms with van der Waals surface area (Å²) in [6, 6.07) is 13.9. The van der Waals surface area contributed by atoms with Gasteiger partial charge in [0.15, 0.2) is 0 Å². The van der Waals surface area contributed by atoms with E-state index in [1.807, 2.05) is 37.3 Å². The second kappa shape index (κ2) is 11.1. The first-order valence-electron chi connectivity index (χ1n) is 12.6. The monoisotopic (exact) mass is 517 g/mol. The van der Waals surface area contributed by atoms with Crippen LogP contribution < -0.4 is 5.32 Å². The zero-order valence-corrected chi connectivity index (χ0v) is 22.1. The highest BCUT2D eigenvalue weighted by atomic mass is 19.1. The summed E-state index contributed by atoms with van der Waals surface area (Å²) in [5, 5.41) is 16.6. The molecule has 8 nitrogen and oxygen atoms in total. The normalized spacial score (nSPS) is 15.6. The zero-order valence-electron chi connectivity index (χ0n) is 22.1. The number of aromatic nitrogens is 2. The predicted molar refractivity (Wildman–Crippen MR) is 141 cm³/mol. The van der Waals surface area contributed by atoms with E-state index in [2.05, 4.69) is 10.4 Å². The number of carbonyl (C=O) groups excluding carboxylic acids is 2. The summed E-state index contributed by atoms with van der Waals surface area (Å²) in [4.78, 5) is 27.1. The molecule has 2 aromatic carbocycles. The van der Waals surface area contributed by atoms with Crippen molar-refractivity contribution >= 4 is 12.0 Å². The van der Waals surface area contributed by atoms with E-state index in [1.54, 1.807) is 42.6 Å². The average Bonchev–Trinajstić information content (AvgIpc) is 3.27. The van der Waals surface area contributed by atoms with E-state index in [0.717, 1.165) is 29.5 Å². The molecule has 0 unspecified atom stereocenters. The van der Waals surface area contributed by atoms with Crippen molar-refractivity contribution in [1.82, 2.24) is 20.0 Å². The first kappa shape index (κ1) is 26.9. The lowest BCUT2D eigenvalue weighted by Gasteiger charge is -2.33. The number of nitrogens with zero attached hydrogens (tertiary/aromatic N) is 4. The van der Waals surface area contributed by atoms with Crippen molar-refractivity contribution < 1.29 is 18.7 Å². The quantitative estimate of drug-likeness (QED) is 0.510. The predicted octanol–water partition coefficient (Wildman–Crippen LogP) is 5.05. The molecule has 2 heterocycles. The van der Waals surface area contributed by atoms with Gasteiger partial charge in [0.1, 0.15) is 29.7 Å². The molecule has 0 bridgehead atoms. The third-order valence-electron chi connectivity index (χ3n) is 6.28. The zero-order chi connectivity index (χ0) is 27.4. The molecule has 4 rings (SSSR count). The van der Waals surface area contributed by atoms with Crippen LogP contribution in [0.15, 0.2) is 48.7 Å². The minimum Gasteiger partial charge on any atom is -0.444 e. The summed E-state index contributed by atoms with van der Waals surface area (Å²) in [6.07, 6.45) is 2.81. The van der Waals surface area contributed by atoms with Gasteiger partial charge in [0.05, 0.1) is 5.56 Å². The van der Waals surface area contributed by atoms with Crippen LogP contribution in [-0.4, -0.2) is 51.4 Å². The second-order valence-corrected chi connectivity index (χ2v) is 10.6. The SMILES string of the molecule is Cc1ccc(-c2cn(CC(=O)N3CCC[C@@H](NC(=O)OC(C)(C)C)C3)nc2-c2ccc(C#N)c(F)c2)cc1. The number of hydrogen-bond donors (Lipinski definition) is 1. The highest BCUT2D eigenvalue weighted by molar-refractivity contribution is 5.82. The number of benzene rings is 2. The fraction of sp³-hybridized carbons (Fsp3) is 0.379. The van der Waals surface area contributed by atoms with Crippen LogP contribution in [0, 0.1) is 24.1 Å². The van der Waals surface area contributed by atoms with Crippen molar-refractivity contribution in [3.63, 3.8) is 0 Å². The first-order valence-corrected chi connectivity index (χ1v) is 12.6. The number of likely N-dealkylation sites (tertiary alicyclic amines) is 1. The Labute approximate surface area is 222 Å². The molecule has 1 N–H and O–H groups in total. The van der Waals surface area contributed by atoms with E-state index >= 15 is 0 Å². The minimum atomic E-state index is -0.623.